The molecule has 2 N–H and O–H groups in total. The maximum Gasteiger partial charge on any atom is 0.416 e. The Bertz CT molecular complexity index is 1650. The van der Waals surface area contributed by atoms with Crippen LogP contribution in [0.3, 0.4) is 0 Å². The van der Waals surface area contributed by atoms with Crippen molar-refractivity contribution in [3.05, 3.63) is 130 Å². The molecule has 41 heavy (non-hydrogen) atoms. The van der Waals surface area contributed by atoms with E-state index in [1.807, 2.05) is 30.3 Å². The fourth-order valence-corrected chi connectivity index (χ4v) is 4.75. The summed E-state index contributed by atoms with van der Waals surface area (Å²) >= 11 is 0. The number of phenols is 1. The lowest BCUT2D eigenvalue weighted by atomic mass is 9.94. The summed E-state index contributed by atoms with van der Waals surface area (Å²) in [6.45, 7) is 2.08. The van der Waals surface area contributed by atoms with Crippen molar-refractivity contribution in [2.75, 3.05) is 4.90 Å². The number of ether oxygens (including phenoxy) is 1. The molecular weight excluding hydrogens is 535 g/mol. The second-order valence-electron chi connectivity index (χ2n) is 9.56. The molecule has 1 unspecified atom stereocenters. The van der Waals surface area contributed by atoms with E-state index in [0.29, 0.717) is 23.5 Å². The van der Waals surface area contributed by atoms with Crippen LogP contribution in [0.5, 0.6) is 11.5 Å². The lowest BCUT2D eigenvalue weighted by Crippen LogP contribution is -2.29. The van der Waals surface area contributed by atoms with E-state index in [1.54, 1.807) is 19.1 Å². The quantitative estimate of drug-likeness (QED) is 0.152. The minimum Gasteiger partial charge on any atom is -0.508 e. The number of carbonyl (C=O) groups excluding carboxylic acids is 2. The van der Waals surface area contributed by atoms with Crippen LogP contribution in [0.1, 0.15) is 33.9 Å². The summed E-state index contributed by atoms with van der Waals surface area (Å²) in [6, 6.07) is 22.6. The molecule has 1 amide bonds. The third-order valence-electron chi connectivity index (χ3n) is 6.79. The number of amides is 1. The molecule has 1 fully saturated rings. The predicted octanol–water partition coefficient (Wildman–Crippen LogP) is 6.92. The normalized spacial score (nSPS) is 16.7. The van der Waals surface area contributed by atoms with E-state index in [9.17, 15) is 33.0 Å². The van der Waals surface area contributed by atoms with Crippen molar-refractivity contribution in [2.24, 2.45) is 0 Å². The first-order valence-electron chi connectivity index (χ1n) is 12.6. The first-order chi connectivity index (χ1) is 19.5. The number of hydrogen-bond acceptors (Lipinski definition) is 5. The monoisotopic (exact) mass is 559 g/mol. The van der Waals surface area contributed by atoms with Crippen LogP contribution in [0.25, 0.3) is 5.76 Å². The minimum atomic E-state index is -4.68. The van der Waals surface area contributed by atoms with Gasteiger partial charge < -0.3 is 14.9 Å². The number of anilines is 1. The first kappa shape index (κ1) is 27.5. The lowest BCUT2D eigenvalue weighted by Gasteiger charge is -2.26. The highest BCUT2D eigenvalue weighted by atomic mass is 19.4. The van der Waals surface area contributed by atoms with Gasteiger partial charge in [0.1, 0.15) is 23.9 Å². The highest BCUT2D eigenvalue weighted by Gasteiger charge is 2.47. The molecule has 9 heteroatoms. The summed E-state index contributed by atoms with van der Waals surface area (Å²) in [6.07, 6.45) is -4.68. The number of hydrogen-bond donors (Lipinski definition) is 2. The number of aryl methyl sites for hydroxylation is 1. The van der Waals surface area contributed by atoms with Gasteiger partial charge in [-0.25, -0.2) is 0 Å². The summed E-state index contributed by atoms with van der Waals surface area (Å²) < 4.78 is 46.3. The van der Waals surface area contributed by atoms with Gasteiger partial charge in [-0.2, -0.15) is 13.2 Å². The van der Waals surface area contributed by atoms with E-state index in [2.05, 4.69) is 0 Å². The van der Waals surface area contributed by atoms with Gasteiger partial charge in [0.05, 0.1) is 17.2 Å². The lowest BCUT2D eigenvalue weighted by molar-refractivity contribution is -0.137. The SMILES string of the molecule is Cc1cc(/C(O)=C2\C(=O)C(=O)N(c3cccc(C(F)(F)F)c3)C2c2ccc(O)cc2)ccc1OCc1ccccc1. The van der Waals surface area contributed by atoms with Gasteiger partial charge in [-0.05, 0) is 72.1 Å². The van der Waals surface area contributed by atoms with Gasteiger partial charge >= 0.3 is 6.18 Å². The zero-order chi connectivity index (χ0) is 29.3. The largest absolute Gasteiger partial charge is 0.508 e. The first-order valence-corrected chi connectivity index (χ1v) is 12.6. The Morgan fingerprint density at radius 3 is 2.27 bits per heavy atom. The van der Waals surface area contributed by atoms with Crippen LogP contribution in [0, 0.1) is 6.92 Å². The van der Waals surface area contributed by atoms with Crippen molar-refractivity contribution < 1.29 is 37.7 Å². The topological polar surface area (TPSA) is 87.1 Å². The van der Waals surface area contributed by atoms with Crippen molar-refractivity contribution in [1.82, 2.24) is 0 Å². The van der Waals surface area contributed by atoms with E-state index in [4.69, 9.17) is 4.74 Å². The van der Waals surface area contributed by atoms with Gasteiger partial charge in [0.25, 0.3) is 11.7 Å². The molecule has 0 aromatic heterocycles. The number of ketones is 1. The third kappa shape index (κ3) is 5.51. The second-order valence-corrected chi connectivity index (χ2v) is 9.56. The second kappa shape index (κ2) is 10.8. The number of phenolic OH excluding ortho intramolecular Hbond substituents is 1. The molecule has 5 rings (SSSR count). The highest BCUT2D eigenvalue weighted by molar-refractivity contribution is 6.51. The smallest absolute Gasteiger partial charge is 0.416 e. The number of aliphatic hydroxyl groups is 1. The molecule has 4 aromatic carbocycles. The summed E-state index contributed by atoms with van der Waals surface area (Å²) in [5.74, 6) is -2.19. The van der Waals surface area contributed by atoms with Crippen LogP contribution < -0.4 is 9.64 Å². The van der Waals surface area contributed by atoms with Crippen LogP contribution in [0.4, 0.5) is 18.9 Å². The summed E-state index contributed by atoms with van der Waals surface area (Å²) in [7, 11) is 0. The Kier molecular flexibility index (Phi) is 7.28. The maximum absolute atomic E-state index is 13.5. The van der Waals surface area contributed by atoms with E-state index >= 15 is 0 Å². The number of alkyl halides is 3. The average Bonchev–Trinajstić information content (AvgIpc) is 3.22. The molecule has 1 saturated heterocycles. The molecule has 6 nitrogen and oxygen atoms in total. The van der Waals surface area contributed by atoms with E-state index < -0.39 is 35.2 Å². The molecule has 4 aromatic rings. The van der Waals surface area contributed by atoms with Crippen molar-refractivity contribution in [3.63, 3.8) is 0 Å². The number of benzene rings is 4. The molecule has 0 bridgehead atoms. The summed E-state index contributed by atoms with van der Waals surface area (Å²) in [4.78, 5) is 27.6. The number of aromatic hydroxyl groups is 1. The van der Waals surface area contributed by atoms with Crippen LogP contribution in [-0.4, -0.2) is 21.9 Å². The number of carbonyl (C=O) groups is 2. The van der Waals surface area contributed by atoms with Gasteiger partial charge in [-0.15, -0.1) is 0 Å². The van der Waals surface area contributed by atoms with Gasteiger partial charge in [0.2, 0.25) is 0 Å². The van der Waals surface area contributed by atoms with Crippen LogP contribution >= 0.6 is 0 Å². The Morgan fingerprint density at radius 1 is 0.902 bits per heavy atom. The molecule has 1 atom stereocenters. The van der Waals surface area contributed by atoms with Crippen molar-refractivity contribution in [2.45, 2.75) is 25.7 Å². The fraction of sp³-hybridized carbons (Fsp3) is 0.125. The number of aliphatic hydroxyl groups excluding tert-OH is 1. The fourth-order valence-electron chi connectivity index (χ4n) is 4.75. The predicted molar refractivity (Wildman–Crippen MR) is 146 cm³/mol. The molecule has 208 valence electrons. The molecule has 1 heterocycles. The Labute approximate surface area is 233 Å². The van der Waals surface area contributed by atoms with Gasteiger partial charge in [-0.3, -0.25) is 14.5 Å². The van der Waals surface area contributed by atoms with E-state index in [1.165, 1.54) is 36.4 Å². The Balaban J connectivity index is 1.58. The zero-order valence-electron chi connectivity index (χ0n) is 21.7. The number of Topliss-reactive ketones (excluding diaryl/α,β-unsaturated/α-hetero) is 1. The van der Waals surface area contributed by atoms with Gasteiger partial charge in [0, 0.05) is 11.3 Å². The summed E-state index contributed by atoms with van der Waals surface area (Å²) in [5.41, 5.74) is 0.681. The number of nitrogens with zero attached hydrogens (tertiary/aromatic N) is 1. The highest BCUT2D eigenvalue weighted by Crippen LogP contribution is 2.44. The van der Waals surface area contributed by atoms with E-state index in [-0.39, 0.29) is 22.6 Å². The molecule has 0 saturated carbocycles. The molecule has 1 aliphatic rings. The molecule has 0 radical (unpaired) electrons. The Morgan fingerprint density at radius 2 is 1.61 bits per heavy atom. The van der Waals surface area contributed by atoms with Crippen LogP contribution in [0.15, 0.2) is 103 Å². The van der Waals surface area contributed by atoms with Gasteiger partial charge in [0.15, 0.2) is 0 Å². The van der Waals surface area contributed by atoms with Crippen LogP contribution in [-0.2, 0) is 22.4 Å². The van der Waals surface area contributed by atoms with Crippen molar-refractivity contribution >= 4 is 23.1 Å². The molecular formula is C32H24F3NO5. The summed E-state index contributed by atoms with van der Waals surface area (Å²) in [5, 5.41) is 21.2. The van der Waals surface area contributed by atoms with Crippen molar-refractivity contribution in [1.29, 1.82) is 0 Å². The number of rotatable bonds is 6. The third-order valence-corrected chi connectivity index (χ3v) is 6.79. The van der Waals surface area contributed by atoms with Gasteiger partial charge in [-0.1, -0.05) is 48.5 Å². The number of halogens is 3. The van der Waals surface area contributed by atoms with Crippen molar-refractivity contribution in [3.8, 4) is 11.5 Å². The molecule has 1 aliphatic heterocycles. The molecule has 0 aliphatic carbocycles. The average molecular weight is 560 g/mol. The minimum absolute atomic E-state index is 0.0912. The van der Waals surface area contributed by atoms with E-state index in [0.717, 1.165) is 28.7 Å². The van der Waals surface area contributed by atoms with Crippen LogP contribution in [0.2, 0.25) is 0 Å². The molecule has 0 spiro atoms. The maximum atomic E-state index is 13.5. The standard InChI is InChI=1S/C32H24F3NO5/c1-19-16-22(12-15-26(19)41-18-20-6-3-2-4-7-20)29(38)27-28(21-10-13-25(37)14-11-21)36(31(40)30(27)39)24-9-5-8-23(17-24)32(33,34)35/h2-17,28,37-38H,18H2,1H3/b29-27+. The zero-order valence-corrected chi connectivity index (χ0v) is 21.7. The Hall–Kier alpha value is -5.05.